The van der Waals surface area contributed by atoms with Crippen molar-refractivity contribution >= 4 is 11.5 Å². The SMILES string of the molecule is C/C(=N/Nc1cnccn1)c1cccnc1. The fourth-order valence-corrected chi connectivity index (χ4v) is 1.14. The highest BCUT2D eigenvalue weighted by Crippen LogP contribution is 2.01. The molecule has 0 aliphatic heterocycles. The van der Waals surface area contributed by atoms with Crippen LogP contribution in [0.2, 0.25) is 0 Å². The molecule has 0 unspecified atom stereocenters. The number of hydrogen-bond acceptors (Lipinski definition) is 5. The summed E-state index contributed by atoms with van der Waals surface area (Å²) in [4.78, 5) is 12.0. The Hall–Kier alpha value is -2.30. The van der Waals surface area contributed by atoms with Gasteiger partial charge in [0.1, 0.15) is 0 Å². The molecule has 2 heterocycles. The molecular formula is C11H11N5. The van der Waals surface area contributed by atoms with Crippen molar-refractivity contribution in [1.82, 2.24) is 15.0 Å². The van der Waals surface area contributed by atoms with Crippen LogP contribution in [0.1, 0.15) is 12.5 Å². The maximum absolute atomic E-state index is 4.19. The van der Waals surface area contributed by atoms with E-state index in [1.54, 1.807) is 31.0 Å². The van der Waals surface area contributed by atoms with E-state index >= 15 is 0 Å². The Morgan fingerprint density at radius 3 is 2.75 bits per heavy atom. The number of aromatic nitrogens is 3. The Morgan fingerprint density at radius 2 is 2.06 bits per heavy atom. The molecule has 0 spiro atoms. The van der Waals surface area contributed by atoms with Crippen molar-refractivity contribution in [3.8, 4) is 0 Å². The number of hydrazone groups is 1. The summed E-state index contributed by atoms with van der Waals surface area (Å²) in [5.41, 5.74) is 4.65. The van der Waals surface area contributed by atoms with Gasteiger partial charge in [-0.3, -0.25) is 15.4 Å². The minimum Gasteiger partial charge on any atom is -0.264 e. The summed E-state index contributed by atoms with van der Waals surface area (Å²) >= 11 is 0. The predicted octanol–water partition coefficient (Wildman–Crippen LogP) is 1.71. The lowest BCUT2D eigenvalue weighted by Crippen LogP contribution is -2.01. The number of hydrogen-bond donors (Lipinski definition) is 1. The molecule has 2 aromatic rings. The van der Waals surface area contributed by atoms with Crippen molar-refractivity contribution in [2.45, 2.75) is 6.92 Å². The molecule has 2 rings (SSSR count). The number of nitrogens with zero attached hydrogens (tertiary/aromatic N) is 4. The second-order valence-corrected chi connectivity index (χ2v) is 3.14. The van der Waals surface area contributed by atoms with Crippen molar-refractivity contribution in [2.24, 2.45) is 5.10 Å². The van der Waals surface area contributed by atoms with Crippen molar-refractivity contribution in [3.63, 3.8) is 0 Å². The van der Waals surface area contributed by atoms with Gasteiger partial charge in [0.2, 0.25) is 0 Å². The fourth-order valence-electron chi connectivity index (χ4n) is 1.14. The van der Waals surface area contributed by atoms with E-state index in [1.165, 1.54) is 0 Å². The van der Waals surface area contributed by atoms with Crippen LogP contribution in [0.4, 0.5) is 5.82 Å². The molecule has 0 saturated carbocycles. The summed E-state index contributed by atoms with van der Waals surface area (Å²) in [6.45, 7) is 1.90. The third-order valence-corrected chi connectivity index (χ3v) is 1.98. The van der Waals surface area contributed by atoms with Gasteiger partial charge in [0.05, 0.1) is 11.9 Å². The number of rotatable bonds is 3. The maximum atomic E-state index is 4.19. The molecule has 0 saturated heterocycles. The van der Waals surface area contributed by atoms with Gasteiger partial charge in [-0.1, -0.05) is 6.07 Å². The minimum atomic E-state index is 0.616. The molecule has 0 fully saturated rings. The standard InChI is InChI=1S/C11H11N5/c1-9(10-3-2-4-12-7-10)15-16-11-8-13-5-6-14-11/h2-8H,1H3,(H,14,16)/b15-9-. The van der Waals surface area contributed by atoms with E-state index < -0.39 is 0 Å². The van der Waals surface area contributed by atoms with Crippen LogP contribution in [0.25, 0.3) is 0 Å². The molecule has 0 aromatic carbocycles. The zero-order valence-electron chi connectivity index (χ0n) is 8.83. The molecule has 0 aliphatic carbocycles. The lowest BCUT2D eigenvalue weighted by molar-refractivity contribution is 1.15. The van der Waals surface area contributed by atoms with Crippen LogP contribution in [-0.2, 0) is 0 Å². The van der Waals surface area contributed by atoms with Crippen LogP contribution >= 0.6 is 0 Å². The molecule has 80 valence electrons. The topological polar surface area (TPSA) is 63.1 Å². The Morgan fingerprint density at radius 1 is 1.19 bits per heavy atom. The van der Waals surface area contributed by atoms with Crippen LogP contribution in [0, 0.1) is 0 Å². The summed E-state index contributed by atoms with van der Waals surface area (Å²) in [7, 11) is 0. The normalized spacial score (nSPS) is 11.2. The van der Waals surface area contributed by atoms with Gasteiger partial charge in [0.15, 0.2) is 5.82 Å². The van der Waals surface area contributed by atoms with Gasteiger partial charge >= 0.3 is 0 Å². The third kappa shape index (κ3) is 2.60. The van der Waals surface area contributed by atoms with Crippen molar-refractivity contribution in [3.05, 3.63) is 48.7 Å². The highest BCUT2D eigenvalue weighted by molar-refractivity contribution is 5.98. The summed E-state index contributed by atoms with van der Waals surface area (Å²) < 4.78 is 0. The molecule has 0 aliphatic rings. The zero-order valence-corrected chi connectivity index (χ0v) is 8.83. The van der Waals surface area contributed by atoms with E-state index in [-0.39, 0.29) is 0 Å². The first-order valence-electron chi connectivity index (χ1n) is 4.83. The molecule has 1 N–H and O–H groups in total. The van der Waals surface area contributed by atoms with Gasteiger partial charge in [-0.2, -0.15) is 5.10 Å². The van der Waals surface area contributed by atoms with Gasteiger partial charge in [0, 0.05) is 30.4 Å². The monoisotopic (exact) mass is 213 g/mol. The lowest BCUT2D eigenvalue weighted by atomic mass is 10.2. The second kappa shape index (κ2) is 4.97. The van der Waals surface area contributed by atoms with Crippen LogP contribution in [0.15, 0.2) is 48.2 Å². The predicted molar refractivity (Wildman–Crippen MR) is 62.1 cm³/mol. The Kier molecular flexibility index (Phi) is 3.18. The second-order valence-electron chi connectivity index (χ2n) is 3.14. The number of anilines is 1. The molecule has 0 atom stereocenters. The molecule has 2 aromatic heterocycles. The minimum absolute atomic E-state index is 0.616. The first kappa shape index (κ1) is 10.2. The summed E-state index contributed by atoms with van der Waals surface area (Å²) in [5.74, 6) is 0.616. The van der Waals surface area contributed by atoms with Gasteiger partial charge in [-0.05, 0) is 13.0 Å². The molecule has 5 nitrogen and oxygen atoms in total. The van der Waals surface area contributed by atoms with E-state index in [1.807, 2.05) is 19.1 Å². The molecule has 0 bridgehead atoms. The highest BCUT2D eigenvalue weighted by Gasteiger charge is 1.96. The van der Waals surface area contributed by atoms with E-state index in [0.29, 0.717) is 5.82 Å². The smallest absolute Gasteiger partial charge is 0.164 e. The quantitative estimate of drug-likeness (QED) is 0.622. The largest absolute Gasteiger partial charge is 0.264 e. The van der Waals surface area contributed by atoms with Gasteiger partial charge < -0.3 is 0 Å². The first-order valence-corrected chi connectivity index (χ1v) is 4.83. The highest BCUT2D eigenvalue weighted by atomic mass is 15.3. The fraction of sp³-hybridized carbons (Fsp3) is 0.0909. The van der Waals surface area contributed by atoms with E-state index in [0.717, 1.165) is 11.3 Å². The number of pyridine rings is 1. The Labute approximate surface area is 93.3 Å². The van der Waals surface area contributed by atoms with Crippen molar-refractivity contribution in [2.75, 3.05) is 5.43 Å². The number of nitrogens with one attached hydrogen (secondary N) is 1. The molecule has 16 heavy (non-hydrogen) atoms. The molecule has 0 amide bonds. The van der Waals surface area contributed by atoms with Gasteiger partial charge in [-0.25, -0.2) is 4.98 Å². The average molecular weight is 213 g/mol. The van der Waals surface area contributed by atoms with Crippen molar-refractivity contribution < 1.29 is 0 Å². The maximum Gasteiger partial charge on any atom is 0.164 e. The van der Waals surface area contributed by atoms with E-state index in [2.05, 4.69) is 25.5 Å². The third-order valence-electron chi connectivity index (χ3n) is 1.98. The zero-order chi connectivity index (χ0) is 11.2. The summed E-state index contributed by atoms with van der Waals surface area (Å²) in [6.07, 6.45) is 8.32. The molecular weight excluding hydrogens is 202 g/mol. The average Bonchev–Trinajstić information content (AvgIpc) is 2.38. The van der Waals surface area contributed by atoms with Crippen molar-refractivity contribution in [1.29, 1.82) is 0 Å². The van der Waals surface area contributed by atoms with E-state index in [9.17, 15) is 0 Å². The van der Waals surface area contributed by atoms with Crippen LogP contribution in [0.5, 0.6) is 0 Å². The molecule has 0 radical (unpaired) electrons. The van der Waals surface area contributed by atoms with Crippen LogP contribution in [-0.4, -0.2) is 20.7 Å². The lowest BCUT2D eigenvalue weighted by Gasteiger charge is -2.01. The Bertz CT molecular complexity index is 466. The van der Waals surface area contributed by atoms with Gasteiger partial charge in [0.25, 0.3) is 0 Å². The van der Waals surface area contributed by atoms with E-state index in [4.69, 9.17) is 0 Å². The molecule has 5 heteroatoms. The summed E-state index contributed by atoms with van der Waals surface area (Å²) in [6, 6.07) is 3.82. The van der Waals surface area contributed by atoms with Gasteiger partial charge in [-0.15, -0.1) is 0 Å². The summed E-state index contributed by atoms with van der Waals surface area (Å²) in [5, 5.41) is 4.19. The Balaban J connectivity index is 2.09. The first-order chi connectivity index (χ1) is 7.86. The van der Waals surface area contributed by atoms with Crippen LogP contribution in [0.3, 0.4) is 0 Å². The van der Waals surface area contributed by atoms with Crippen LogP contribution < -0.4 is 5.43 Å².